The van der Waals surface area contributed by atoms with Crippen molar-refractivity contribution in [3.63, 3.8) is 0 Å². The molecule has 6 nitrogen and oxygen atoms in total. The summed E-state index contributed by atoms with van der Waals surface area (Å²) in [7, 11) is 0. The molecular weight excluding hydrogens is 258 g/mol. The molecule has 0 unspecified atom stereocenters. The number of nitrogens with one attached hydrogen (secondary N) is 1. The van der Waals surface area contributed by atoms with Gasteiger partial charge in [-0.25, -0.2) is 0 Å². The Hall–Kier alpha value is -2.08. The van der Waals surface area contributed by atoms with Gasteiger partial charge in [0.1, 0.15) is 13.2 Å². The molecule has 2 aromatic rings. The predicted octanol–water partition coefficient (Wildman–Crippen LogP) is 1.48. The van der Waals surface area contributed by atoms with Gasteiger partial charge in [-0.2, -0.15) is 4.98 Å². The highest BCUT2D eigenvalue weighted by Gasteiger charge is 2.14. The largest absolute Gasteiger partial charge is 0.486 e. The molecular formula is C14H17N3O3. The summed E-state index contributed by atoms with van der Waals surface area (Å²) >= 11 is 0. The number of hydrogen-bond donors (Lipinski definition) is 1. The van der Waals surface area contributed by atoms with Gasteiger partial charge in [-0.15, -0.1) is 0 Å². The zero-order valence-corrected chi connectivity index (χ0v) is 11.4. The minimum atomic E-state index is 0.602. The maximum Gasteiger partial charge on any atom is 0.227 e. The van der Waals surface area contributed by atoms with Crippen molar-refractivity contribution in [1.82, 2.24) is 15.5 Å². The summed E-state index contributed by atoms with van der Waals surface area (Å²) in [5, 5.41) is 7.11. The predicted molar refractivity (Wildman–Crippen MR) is 71.9 cm³/mol. The Kier molecular flexibility index (Phi) is 3.83. The van der Waals surface area contributed by atoms with E-state index in [-0.39, 0.29) is 0 Å². The van der Waals surface area contributed by atoms with Crippen LogP contribution >= 0.6 is 0 Å². The summed E-state index contributed by atoms with van der Waals surface area (Å²) in [6, 6.07) is 5.95. The second-order valence-corrected chi connectivity index (χ2v) is 4.60. The lowest BCUT2D eigenvalue weighted by Crippen LogP contribution is -2.20. The van der Waals surface area contributed by atoms with Crippen molar-refractivity contribution < 1.29 is 14.0 Å². The first-order valence-electron chi connectivity index (χ1n) is 6.70. The molecule has 0 radical (unpaired) electrons. The third-order valence-corrected chi connectivity index (χ3v) is 3.05. The lowest BCUT2D eigenvalue weighted by molar-refractivity contribution is 0.169. The van der Waals surface area contributed by atoms with E-state index in [0.29, 0.717) is 31.3 Å². The molecule has 106 valence electrons. The number of ether oxygens (including phenoxy) is 2. The van der Waals surface area contributed by atoms with E-state index in [9.17, 15) is 0 Å². The SMILES string of the molecule is Cc1noc(CCNCc2cccc3c2OCCO3)n1. The second-order valence-electron chi connectivity index (χ2n) is 4.60. The summed E-state index contributed by atoms with van der Waals surface area (Å²) in [6.45, 7) is 4.52. The molecule has 2 heterocycles. The second kappa shape index (κ2) is 5.92. The molecule has 1 aliphatic heterocycles. The van der Waals surface area contributed by atoms with Crippen LogP contribution in [-0.2, 0) is 13.0 Å². The van der Waals surface area contributed by atoms with Gasteiger partial charge in [0.15, 0.2) is 17.3 Å². The standard InChI is InChI=1S/C14H17N3O3/c1-10-16-13(20-17-10)5-6-15-9-11-3-2-4-12-14(11)19-8-7-18-12/h2-4,15H,5-9H2,1H3. The normalized spacial score (nSPS) is 13.4. The molecule has 1 N–H and O–H groups in total. The zero-order valence-electron chi connectivity index (χ0n) is 11.4. The Morgan fingerprint density at radius 3 is 3.00 bits per heavy atom. The van der Waals surface area contributed by atoms with Crippen molar-refractivity contribution >= 4 is 0 Å². The molecule has 0 atom stereocenters. The first-order chi connectivity index (χ1) is 9.83. The number of aryl methyl sites for hydroxylation is 1. The summed E-state index contributed by atoms with van der Waals surface area (Å²) in [5.74, 6) is 3.00. The van der Waals surface area contributed by atoms with E-state index in [1.807, 2.05) is 25.1 Å². The van der Waals surface area contributed by atoms with E-state index in [1.54, 1.807) is 0 Å². The Balaban J connectivity index is 1.53. The van der Waals surface area contributed by atoms with Crippen molar-refractivity contribution in [2.45, 2.75) is 19.9 Å². The van der Waals surface area contributed by atoms with Crippen molar-refractivity contribution in [3.8, 4) is 11.5 Å². The summed E-state index contributed by atoms with van der Waals surface area (Å²) < 4.78 is 16.3. The average Bonchev–Trinajstić information content (AvgIpc) is 2.89. The maximum atomic E-state index is 5.67. The van der Waals surface area contributed by atoms with Crippen LogP contribution in [0.5, 0.6) is 11.5 Å². The van der Waals surface area contributed by atoms with Crippen LogP contribution in [-0.4, -0.2) is 29.9 Å². The zero-order chi connectivity index (χ0) is 13.8. The molecule has 0 saturated heterocycles. The fourth-order valence-corrected chi connectivity index (χ4v) is 2.13. The molecule has 0 aliphatic carbocycles. The van der Waals surface area contributed by atoms with Gasteiger partial charge in [0, 0.05) is 25.1 Å². The van der Waals surface area contributed by atoms with Gasteiger partial charge in [-0.05, 0) is 13.0 Å². The Labute approximate surface area is 117 Å². The molecule has 0 bridgehead atoms. The van der Waals surface area contributed by atoms with E-state index < -0.39 is 0 Å². The van der Waals surface area contributed by atoms with Gasteiger partial charge >= 0.3 is 0 Å². The Morgan fingerprint density at radius 2 is 2.15 bits per heavy atom. The number of benzene rings is 1. The van der Waals surface area contributed by atoms with Gasteiger partial charge in [-0.3, -0.25) is 0 Å². The van der Waals surface area contributed by atoms with Crippen LogP contribution in [0.15, 0.2) is 22.7 Å². The first-order valence-corrected chi connectivity index (χ1v) is 6.70. The first kappa shape index (κ1) is 12.9. The molecule has 6 heteroatoms. The highest BCUT2D eigenvalue weighted by atomic mass is 16.6. The quantitative estimate of drug-likeness (QED) is 0.834. The van der Waals surface area contributed by atoms with E-state index in [0.717, 1.165) is 30.2 Å². The van der Waals surface area contributed by atoms with Gasteiger partial charge < -0.3 is 19.3 Å². The molecule has 0 saturated carbocycles. The topological polar surface area (TPSA) is 69.4 Å². The summed E-state index contributed by atoms with van der Waals surface area (Å²) in [5.41, 5.74) is 1.10. The number of fused-ring (bicyclic) bond motifs is 1. The van der Waals surface area contributed by atoms with E-state index in [4.69, 9.17) is 14.0 Å². The summed E-state index contributed by atoms with van der Waals surface area (Å²) in [4.78, 5) is 4.16. The Bertz CT molecular complexity index is 583. The summed E-state index contributed by atoms with van der Waals surface area (Å²) in [6.07, 6.45) is 0.715. The van der Waals surface area contributed by atoms with Crippen LogP contribution < -0.4 is 14.8 Å². The molecule has 0 amide bonds. The van der Waals surface area contributed by atoms with Gasteiger partial charge in [-0.1, -0.05) is 17.3 Å². The van der Waals surface area contributed by atoms with Gasteiger partial charge in [0.25, 0.3) is 0 Å². The number of hydrogen-bond acceptors (Lipinski definition) is 6. The molecule has 0 fully saturated rings. The lowest BCUT2D eigenvalue weighted by atomic mass is 10.1. The van der Waals surface area contributed by atoms with Crippen LogP contribution in [0.1, 0.15) is 17.3 Å². The fourth-order valence-electron chi connectivity index (χ4n) is 2.13. The monoisotopic (exact) mass is 275 g/mol. The van der Waals surface area contributed by atoms with Crippen LogP contribution in [0, 0.1) is 6.92 Å². The average molecular weight is 275 g/mol. The van der Waals surface area contributed by atoms with Crippen molar-refractivity contribution in [3.05, 3.63) is 35.5 Å². The number of aromatic nitrogens is 2. The third kappa shape index (κ3) is 2.91. The van der Waals surface area contributed by atoms with Gasteiger partial charge in [0.2, 0.25) is 5.89 Å². The number of rotatable bonds is 5. The van der Waals surface area contributed by atoms with E-state index in [2.05, 4.69) is 15.5 Å². The van der Waals surface area contributed by atoms with E-state index in [1.165, 1.54) is 0 Å². The lowest BCUT2D eigenvalue weighted by Gasteiger charge is -2.21. The highest BCUT2D eigenvalue weighted by molar-refractivity contribution is 5.47. The molecule has 1 aromatic heterocycles. The molecule has 0 spiro atoms. The van der Waals surface area contributed by atoms with Crippen molar-refractivity contribution in [2.75, 3.05) is 19.8 Å². The minimum absolute atomic E-state index is 0.602. The van der Waals surface area contributed by atoms with Crippen LogP contribution in [0.3, 0.4) is 0 Å². The number of para-hydroxylation sites is 1. The van der Waals surface area contributed by atoms with Crippen LogP contribution in [0.25, 0.3) is 0 Å². The molecule has 3 rings (SSSR count). The number of nitrogens with zero attached hydrogens (tertiary/aromatic N) is 2. The Morgan fingerprint density at radius 1 is 1.25 bits per heavy atom. The minimum Gasteiger partial charge on any atom is -0.486 e. The van der Waals surface area contributed by atoms with Gasteiger partial charge in [0.05, 0.1) is 0 Å². The van der Waals surface area contributed by atoms with Crippen LogP contribution in [0.4, 0.5) is 0 Å². The van der Waals surface area contributed by atoms with Crippen molar-refractivity contribution in [1.29, 1.82) is 0 Å². The smallest absolute Gasteiger partial charge is 0.227 e. The van der Waals surface area contributed by atoms with Crippen LogP contribution in [0.2, 0.25) is 0 Å². The maximum absolute atomic E-state index is 5.67. The highest BCUT2D eigenvalue weighted by Crippen LogP contribution is 2.33. The third-order valence-electron chi connectivity index (χ3n) is 3.05. The molecule has 1 aliphatic rings. The molecule has 1 aromatic carbocycles. The fraction of sp³-hybridized carbons (Fsp3) is 0.429. The molecule has 20 heavy (non-hydrogen) atoms. The van der Waals surface area contributed by atoms with E-state index >= 15 is 0 Å². The van der Waals surface area contributed by atoms with Crippen molar-refractivity contribution in [2.24, 2.45) is 0 Å².